The Morgan fingerprint density at radius 1 is 1.11 bits per heavy atom. The third-order valence-corrected chi connectivity index (χ3v) is 5.47. The van der Waals surface area contributed by atoms with Crippen LogP contribution in [0.25, 0.3) is 10.9 Å². The van der Waals surface area contributed by atoms with Gasteiger partial charge in [-0.2, -0.15) is 0 Å². The molecule has 148 valence electrons. The summed E-state index contributed by atoms with van der Waals surface area (Å²) in [6, 6.07) is 6.59. The molecule has 2 aromatic rings. The van der Waals surface area contributed by atoms with Crippen molar-refractivity contribution in [2.24, 2.45) is 4.99 Å². The number of hydrogen-bond donors (Lipinski definition) is 3. The smallest absolute Gasteiger partial charge is 0.191 e. The molecule has 3 N–H and O–H groups in total. The Kier molecular flexibility index (Phi) is 7.12. The highest BCUT2D eigenvalue weighted by Gasteiger charge is 2.14. The number of guanidine groups is 1. The second kappa shape index (κ2) is 9.76. The summed E-state index contributed by atoms with van der Waals surface area (Å²) >= 11 is 0. The van der Waals surface area contributed by atoms with Crippen molar-refractivity contribution in [2.75, 3.05) is 59.4 Å². The molecular formula is C21H34N6. The standard InChI is InChI=1S/C21H34N6/c1-4-26-11-13-27(14-12-26)10-9-24-21(22-3)23-8-7-18-16-25-20-15-17(2)5-6-19(18)20/h5-6,15-16,25H,4,7-14H2,1-3H3,(H2,22,23,24). The van der Waals surface area contributed by atoms with Gasteiger partial charge in [-0.05, 0) is 37.1 Å². The molecule has 6 heteroatoms. The topological polar surface area (TPSA) is 58.7 Å². The normalized spacial score (nSPS) is 16.8. The van der Waals surface area contributed by atoms with Gasteiger partial charge in [0.25, 0.3) is 0 Å². The molecule has 1 fully saturated rings. The van der Waals surface area contributed by atoms with Crippen LogP contribution in [0.1, 0.15) is 18.1 Å². The van der Waals surface area contributed by atoms with Crippen molar-refractivity contribution >= 4 is 16.9 Å². The lowest BCUT2D eigenvalue weighted by molar-refractivity contribution is 0.139. The number of fused-ring (bicyclic) bond motifs is 1. The van der Waals surface area contributed by atoms with Crippen LogP contribution in [-0.4, -0.2) is 80.1 Å². The van der Waals surface area contributed by atoms with Crippen LogP contribution in [0, 0.1) is 6.92 Å². The Balaban J connectivity index is 1.38. The fourth-order valence-electron chi connectivity index (χ4n) is 3.70. The van der Waals surface area contributed by atoms with Gasteiger partial charge >= 0.3 is 0 Å². The number of hydrogen-bond acceptors (Lipinski definition) is 3. The third-order valence-electron chi connectivity index (χ3n) is 5.47. The molecule has 6 nitrogen and oxygen atoms in total. The zero-order chi connectivity index (χ0) is 19.1. The zero-order valence-corrected chi connectivity index (χ0v) is 17.0. The van der Waals surface area contributed by atoms with E-state index in [1.165, 1.54) is 54.8 Å². The third kappa shape index (κ3) is 5.47. The van der Waals surface area contributed by atoms with Crippen LogP contribution in [0.5, 0.6) is 0 Å². The fraction of sp³-hybridized carbons (Fsp3) is 0.571. The van der Waals surface area contributed by atoms with Crippen LogP contribution < -0.4 is 10.6 Å². The monoisotopic (exact) mass is 370 g/mol. The van der Waals surface area contributed by atoms with Crippen LogP contribution in [0.3, 0.4) is 0 Å². The second-order valence-electron chi connectivity index (χ2n) is 7.31. The maximum absolute atomic E-state index is 4.35. The van der Waals surface area contributed by atoms with Crippen molar-refractivity contribution in [3.8, 4) is 0 Å². The number of likely N-dealkylation sites (N-methyl/N-ethyl adjacent to an activating group) is 1. The Bertz CT molecular complexity index is 742. The van der Waals surface area contributed by atoms with Crippen LogP contribution >= 0.6 is 0 Å². The van der Waals surface area contributed by atoms with Gasteiger partial charge in [-0.25, -0.2) is 0 Å². The maximum Gasteiger partial charge on any atom is 0.191 e. The molecule has 1 aromatic heterocycles. The molecule has 1 saturated heterocycles. The number of piperazine rings is 1. The highest BCUT2D eigenvalue weighted by atomic mass is 15.3. The molecule has 0 saturated carbocycles. The van der Waals surface area contributed by atoms with Gasteiger partial charge < -0.3 is 20.5 Å². The second-order valence-corrected chi connectivity index (χ2v) is 7.31. The number of aromatic amines is 1. The number of aromatic nitrogens is 1. The summed E-state index contributed by atoms with van der Waals surface area (Å²) in [6.45, 7) is 13.1. The molecule has 1 aromatic carbocycles. The van der Waals surface area contributed by atoms with E-state index in [0.717, 1.165) is 32.0 Å². The van der Waals surface area contributed by atoms with Crippen LogP contribution in [0.15, 0.2) is 29.4 Å². The van der Waals surface area contributed by atoms with Gasteiger partial charge in [0.15, 0.2) is 5.96 Å². The van der Waals surface area contributed by atoms with Crippen LogP contribution in [0.2, 0.25) is 0 Å². The van der Waals surface area contributed by atoms with E-state index in [1.807, 2.05) is 7.05 Å². The van der Waals surface area contributed by atoms with Gasteiger partial charge in [0.2, 0.25) is 0 Å². The van der Waals surface area contributed by atoms with Crippen molar-refractivity contribution in [1.29, 1.82) is 0 Å². The largest absolute Gasteiger partial charge is 0.361 e. The fourth-order valence-corrected chi connectivity index (χ4v) is 3.70. The zero-order valence-electron chi connectivity index (χ0n) is 17.0. The van der Waals surface area contributed by atoms with E-state index in [4.69, 9.17) is 0 Å². The average molecular weight is 371 g/mol. The van der Waals surface area contributed by atoms with Gasteiger partial charge in [0.1, 0.15) is 0 Å². The highest BCUT2D eigenvalue weighted by Crippen LogP contribution is 2.19. The summed E-state index contributed by atoms with van der Waals surface area (Å²) in [5.41, 5.74) is 3.85. The molecule has 0 bridgehead atoms. The Morgan fingerprint density at radius 2 is 1.85 bits per heavy atom. The maximum atomic E-state index is 4.35. The number of aryl methyl sites for hydroxylation is 1. The molecular weight excluding hydrogens is 336 g/mol. The molecule has 1 aliphatic rings. The quantitative estimate of drug-likeness (QED) is 0.514. The molecule has 0 amide bonds. The van der Waals surface area contributed by atoms with E-state index in [-0.39, 0.29) is 0 Å². The Morgan fingerprint density at radius 3 is 2.59 bits per heavy atom. The first-order chi connectivity index (χ1) is 13.2. The lowest BCUT2D eigenvalue weighted by Gasteiger charge is -2.34. The van der Waals surface area contributed by atoms with E-state index in [9.17, 15) is 0 Å². The van der Waals surface area contributed by atoms with Crippen molar-refractivity contribution in [3.05, 3.63) is 35.5 Å². The number of nitrogens with zero attached hydrogens (tertiary/aromatic N) is 3. The Labute approximate surface area is 163 Å². The minimum atomic E-state index is 0.871. The number of rotatable bonds is 7. The van der Waals surface area contributed by atoms with Gasteiger partial charge in [0, 0.05) is 70.0 Å². The number of benzene rings is 1. The predicted molar refractivity (Wildman–Crippen MR) is 115 cm³/mol. The summed E-state index contributed by atoms with van der Waals surface area (Å²) < 4.78 is 0. The van der Waals surface area contributed by atoms with Crippen LogP contribution in [0.4, 0.5) is 0 Å². The number of nitrogens with one attached hydrogen (secondary N) is 3. The summed E-state index contributed by atoms with van der Waals surface area (Å²) in [6.07, 6.45) is 3.10. The van der Waals surface area contributed by atoms with Crippen LogP contribution in [-0.2, 0) is 6.42 Å². The molecule has 0 spiro atoms. The lowest BCUT2D eigenvalue weighted by atomic mass is 10.1. The SMILES string of the molecule is CCN1CCN(CCNC(=NC)NCCc2c[nH]c3cc(C)ccc23)CC1. The average Bonchev–Trinajstić information content (AvgIpc) is 3.09. The van der Waals surface area contributed by atoms with Gasteiger partial charge in [0.05, 0.1) is 0 Å². The first kappa shape index (κ1) is 19.7. The molecule has 3 rings (SSSR count). The first-order valence-electron chi connectivity index (χ1n) is 10.2. The Hall–Kier alpha value is -2.05. The van der Waals surface area contributed by atoms with Gasteiger partial charge in [-0.1, -0.05) is 19.1 Å². The summed E-state index contributed by atoms with van der Waals surface area (Å²) in [5.74, 6) is 0.887. The van der Waals surface area contributed by atoms with Crippen molar-refractivity contribution in [1.82, 2.24) is 25.4 Å². The van der Waals surface area contributed by atoms with Gasteiger partial charge in [-0.3, -0.25) is 9.89 Å². The number of aliphatic imine (C=N–C) groups is 1. The summed E-state index contributed by atoms with van der Waals surface area (Å²) in [5, 5.41) is 8.19. The van der Waals surface area contributed by atoms with Crippen molar-refractivity contribution in [3.63, 3.8) is 0 Å². The number of H-pyrrole nitrogens is 1. The molecule has 0 unspecified atom stereocenters. The van der Waals surface area contributed by atoms with Gasteiger partial charge in [-0.15, -0.1) is 0 Å². The summed E-state index contributed by atoms with van der Waals surface area (Å²) in [7, 11) is 1.84. The molecule has 27 heavy (non-hydrogen) atoms. The van der Waals surface area contributed by atoms with E-state index >= 15 is 0 Å². The molecule has 0 atom stereocenters. The highest BCUT2D eigenvalue weighted by molar-refractivity contribution is 5.84. The van der Waals surface area contributed by atoms with E-state index in [0.29, 0.717) is 0 Å². The van der Waals surface area contributed by atoms with E-state index in [1.54, 1.807) is 0 Å². The lowest BCUT2D eigenvalue weighted by Crippen LogP contribution is -2.49. The molecule has 1 aliphatic heterocycles. The first-order valence-corrected chi connectivity index (χ1v) is 10.2. The van der Waals surface area contributed by atoms with Crippen molar-refractivity contribution in [2.45, 2.75) is 20.3 Å². The van der Waals surface area contributed by atoms with E-state index in [2.05, 4.69) is 68.7 Å². The minimum Gasteiger partial charge on any atom is -0.361 e. The van der Waals surface area contributed by atoms with Crippen molar-refractivity contribution < 1.29 is 0 Å². The summed E-state index contributed by atoms with van der Waals surface area (Å²) in [4.78, 5) is 12.8. The molecule has 0 aliphatic carbocycles. The minimum absolute atomic E-state index is 0.871. The molecule has 0 radical (unpaired) electrons. The van der Waals surface area contributed by atoms with E-state index < -0.39 is 0 Å². The predicted octanol–water partition coefficient (Wildman–Crippen LogP) is 1.82. The molecule has 2 heterocycles.